The second-order valence-corrected chi connectivity index (χ2v) is 7.12. The van der Waals surface area contributed by atoms with E-state index in [2.05, 4.69) is 19.9 Å². The molecular weight excluding hydrogens is 378 g/mol. The number of carbonyl (C=O) groups is 3. The number of nitrogens with one attached hydrogen (secondary N) is 1. The maximum atomic E-state index is 12.8. The number of hydrogen-bond acceptors (Lipinski definition) is 7. The molecule has 2 aliphatic heterocycles. The van der Waals surface area contributed by atoms with Gasteiger partial charge in [0, 0.05) is 31.4 Å². The van der Waals surface area contributed by atoms with Crippen molar-refractivity contribution in [3.8, 4) is 0 Å². The van der Waals surface area contributed by atoms with Crippen LogP contribution in [0.3, 0.4) is 0 Å². The number of aromatic amines is 1. The summed E-state index contributed by atoms with van der Waals surface area (Å²) in [6, 6.07) is 2.99. The Hall–Kier alpha value is -3.27. The van der Waals surface area contributed by atoms with Crippen molar-refractivity contribution in [3.63, 3.8) is 0 Å². The van der Waals surface area contributed by atoms with Crippen LogP contribution in [0.1, 0.15) is 49.0 Å². The molecule has 0 radical (unpaired) electrons. The lowest BCUT2D eigenvalue weighted by molar-refractivity contribution is 0.0598. The van der Waals surface area contributed by atoms with Crippen molar-refractivity contribution in [2.75, 3.05) is 26.7 Å². The van der Waals surface area contributed by atoms with Crippen LogP contribution in [0, 0.1) is 0 Å². The highest BCUT2D eigenvalue weighted by atomic mass is 16.5. The van der Waals surface area contributed by atoms with Gasteiger partial charge in [-0.2, -0.15) is 5.10 Å². The summed E-state index contributed by atoms with van der Waals surface area (Å²) < 4.78 is 4.63. The molecule has 152 valence electrons. The number of amides is 2. The molecule has 1 unspecified atom stereocenters. The average Bonchev–Trinajstić information content (AvgIpc) is 3.38. The number of ether oxygens (including phenoxy) is 1. The predicted octanol–water partition coefficient (Wildman–Crippen LogP) is -0.00340. The normalized spacial score (nSPS) is 18.5. The minimum atomic E-state index is -0.515. The lowest BCUT2D eigenvalue weighted by Crippen LogP contribution is -2.37. The lowest BCUT2D eigenvalue weighted by Gasteiger charge is -2.27. The maximum absolute atomic E-state index is 12.8. The van der Waals surface area contributed by atoms with E-state index in [1.807, 2.05) is 0 Å². The summed E-state index contributed by atoms with van der Waals surface area (Å²) in [5.74, 6) is -0.976. The number of hydrogen-bond donors (Lipinski definition) is 2. The van der Waals surface area contributed by atoms with Gasteiger partial charge in [0.2, 0.25) is 0 Å². The van der Waals surface area contributed by atoms with Crippen molar-refractivity contribution in [1.29, 1.82) is 0 Å². The van der Waals surface area contributed by atoms with E-state index in [0.717, 1.165) is 11.3 Å². The maximum Gasteiger partial charge on any atom is 0.339 e. The number of pyridine rings is 1. The molecule has 1 atom stereocenters. The van der Waals surface area contributed by atoms with E-state index in [1.54, 1.807) is 9.80 Å². The molecule has 2 aromatic rings. The number of H-pyrrole nitrogens is 1. The van der Waals surface area contributed by atoms with E-state index in [4.69, 9.17) is 0 Å². The van der Waals surface area contributed by atoms with E-state index < -0.39 is 12.1 Å². The zero-order valence-electron chi connectivity index (χ0n) is 15.9. The fourth-order valence-electron chi connectivity index (χ4n) is 3.67. The third kappa shape index (κ3) is 3.58. The number of rotatable bonds is 3. The smallest absolute Gasteiger partial charge is 0.339 e. The summed E-state index contributed by atoms with van der Waals surface area (Å²) in [6.45, 7) is 1.55. The fraction of sp³-hybridized carbons (Fsp3) is 0.421. The van der Waals surface area contributed by atoms with Crippen molar-refractivity contribution in [3.05, 3.63) is 46.5 Å². The molecule has 29 heavy (non-hydrogen) atoms. The van der Waals surface area contributed by atoms with Gasteiger partial charge in [0.15, 0.2) is 5.69 Å². The van der Waals surface area contributed by atoms with Crippen LogP contribution in [-0.4, -0.2) is 80.7 Å². The van der Waals surface area contributed by atoms with Gasteiger partial charge in [-0.15, -0.1) is 0 Å². The van der Waals surface area contributed by atoms with Crippen molar-refractivity contribution in [2.24, 2.45) is 0 Å². The van der Waals surface area contributed by atoms with Gasteiger partial charge in [0.05, 0.1) is 31.0 Å². The van der Waals surface area contributed by atoms with Crippen LogP contribution < -0.4 is 0 Å². The Morgan fingerprint density at radius 2 is 2.03 bits per heavy atom. The minimum absolute atomic E-state index is 0.195. The fourth-order valence-corrected chi connectivity index (χ4v) is 3.67. The number of fused-ring (bicyclic) bond motifs is 1. The van der Waals surface area contributed by atoms with E-state index in [-0.39, 0.29) is 29.6 Å². The van der Waals surface area contributed by atoms with E-state index in [9.17, 15) is 19.5 Å². The minimum Gasteiger partial charge on any atom is -0.465 e. The standard InChI is InChI=1S/C19H21N5O5/c1-29-19(28)11-2-3-14(20-8-11)17(26)24-7-5-13-15(10-24)21-22-16(13)18(27)23-6-4-12(25)9-23/h2-3,8,12,25H,4-7,9-10H2,1H3,(H,21,22). The molecule has 1 saturated heterocycles. The molecule has 1 fully saturated rings. The Labute approximate surface area is 166 Å². The Bertz CT molecular complexity index is 954. The first-order chi connectivity index (χ1) is 14.0. The molecule has 0 spiro atoms. The van der Waals surface area contributed by atoms with Crippen LogP contribution in [-0.2, 0) is 17.7 Å². The van der Waals surface area contributed by atoms with Crippen LogP contribution in [0.25, 0.3) is 0 Å². The highest BCUT2D eigenvalue weighted by molar-refractivity contribution is 5.96. The third-order valence-electron chi connectivity index (χ3n) is 5.28. The van der Waals surface area contributed by atoms with Gasteiger partial charge in [0.25, 0.3) is 11.8 Å². The molecule has 0 saturated carbocycles. The first kappa shape index (κ1) is 19.1. The van der Waals surface area contributed by atoms with Crippen LogP contribution in [0.15, 0.2) is 18.3 Å². The highest BCUT2D eigenvalue weighted by Crippen LogP contribution is 2.23. The Kier molecular flexibility index (Phi) is 5.01. The molecule has 0 aliphatic carbocycles. The molecule has 2 amide bonds. The van der Waals surface area contributed by atoms with Crippen molar-refractivity contribution < 1.29 is 24.2 Å². The number of nitrogens with zero attached hydrogens (tertiary/aromatic N) is 4. The molecular formula is C19H21N5O5. The molecule has 4 rings (SSSR count). The predicted molar refractivity (Wildman–Crippen MR) is 99.1 cm³/mol. The van der Waals surface area contributed by atoms with E-state index in [1.165, 1.54) is 25.4 Å². The molecule has 4 heterocycles. The second-order valence-electron chi connectivity index (χ2n) is 7.12. The van der Waals surface area contributed by atoms with Gasteiger partial charge in [-0.25, -0.2) is 4.79 Å². The summed E-state index contributed by atoms with van der Waals surface area (Å²) in [7, 11) is 1.28. The summed E-state index contributed by atoms with van der Waals surface area (Å²) in [5, 5.41) is 16.7. The highest BCUT2D eigenvalue weighted by Gasteiger charge is 2.32. The Morgan fingerprint density at radius 1 is 1.21 bits per heavy atom. The van der Waals surface area contributed by atoms with Crippen LogP contribution in [0.2, 0.25) is 0 Å². The van der Waals surface area contributed by atoms with E-state index in [0.29, 0.717) is 38.2 Å². The second kappa shape index (κ2) is 7.63. The summed E-state index contributed by atoms with van der Waals surface area (Å²) in [6.07, 6.45) is 1.89. The monoisotopic (exact) mass is 399 g/mol. The zero-order valence-corrected chi connectivity index (χ0v) is 15.9. The number of methoxy groups -OCH3 is 1. The van der Waals surface area contributed by atoms with Gasteiger partial charge < -0.3 is 19.6 Å². The number of esters is 1. The summed E-state index contributed by atoms with van der Waals surface area (Å²) in [4.78, 5) is 44.2. The molecule has 2 aliphatic rings. The molecule has 2 aromatic heterocycles. The topological polar surface area (TPSA) is 129 Å². The van der Waals surface area contributed by atoms with Gasteiger partial charge in [-0.3, -0.25) is 19.7 Å². The van der Waals surface area contributed by atoms with Gasteiger partial charge in [0.1, 0.15) is 5.69 Å². The number of β-amino-alcohol motifs (C(OH)–C–C–N with tert-alkyl or cyclic N) is 1. The number of aromatic nitrogens is 3. The largest absolute Gasteiger partial charge is 0.465 e. The van der Waals surface area contributed by atoms with Crippen molar-refractivity contribution in [1.82, 2.24) is 25.0 Å². The number of likely N-dealkylation sites (tertiary alicyclic amines) is 1. The Morgan fingerprint density at radius 3 is 2.69 bits per heavy atom. The summed E-state index contributed by atoms with van der Waals surface area (Å²) >= 11 is 0. The zero-order chi connectivity index (χ0) is 20.5. The Balaban J connectivity index is 1.46. The van der Waals surface area contributed by atoms with Gasteiger partial charge in [-0.1, -0.05) is 0 Å². The molecule has 0 aromatic carbocycles. The van der Waals surface area contributed by atoms with Crippen molar-refractivity contribution in [2.45, 2.75) is 25.5 Å². The van der Waals surface area contributed by atoms with Crippen LogP contribution in [0.4, 0.5) is 0 Å². The number of carbonyl (C=O) groups excluding carboxylic acids is 3. The first-order valence-corrected chi connectivity index (χ1v) is 9.35. The van der Waals surface area contributed by atoms with Gasteiger partial charge >= 0.3 is 5.97 Å². The first-order valence-electron chi connectivity index (χ1n) is 9.35. The van der Waals surface area contributed by atoms with Gasteiger partial charge in [-0.05, 0) is 25.0 Å². The average molecular weight is 399 g/mol. The molecule has 2 N–H and O–H groups in total. The number of aliphatic hydroxyl groups is 1. The summed E-state index contributed by atoms with van der Waals surface area (Å²) in [5.41, 5.74) is 2.40. The van der Waals surface area contributed by atoms with Crippen LogP contribution in [0.5, 0.6) is 0 Å². The molecule has 0 bridgehead atoms. The van der Waals surface area contributed by atoms with E-state index >= 15 is 0 Å². The number of aliphatic hydroxyl groups excluding tert-OH is 1. The third-order valence-corrected chi connectivity index (χ3v) is 5.28. The van der Waals surface area contributed by atoms with Crippen LogP contribution >= 0.6 is 0 Å². The van der Waals surface area contributed by atoms with Crippen molar-refractivity contribution >= 4 is 17.8 Å². The lowest BCUT2D eigenvalue weighted by atomic mass is 10.0. The SMILES string of the molecule is COC(=O)c1ccc(C(=O)N2CCc3c(C(=O)N4CCC(O)C4)n[nH]c3C2)nc1. The quantitative estimate of drug-likeness (QED) is 0.695. The molecule has 10 nitrogen and oxygen atoms in total. The molecule has 10 heteroatoms.